The minimum atomic E-state index is -1.08. The summed E-state index contributed by atoms with van der Waals surface area (Å²) in [5, 5.41) is 21.3. The van der Waals surface area contributed by atoms with Crippen molar-refractivity contribution in [1.82, 2.24) is 4.90 Å². The molecule has 5 rings (SSSR count). The van der Waals surface area contributed by atoms with Crippen molar-refractivity contribution in [2.75, 3.05) is 51.4 Å². The molecule has 2 N–H and O–H groups in total. The van der Waals surface area contributed by atoms with Gasteiger partial charge in [0.25, 0.3) is 0 Å². The number of benzene rings is 3. The molecule has 0 bridgehead atoms. The molecule has 0 spiro atoms. The number of ether oxygens (including phenoxy) is 4. The molecule has 1 saturated heterocycles. The summed E-state index contributed by atoms with van der Waals surface area (Å²) in [7, 11) is 1.70. The maximum absolute atomic E-state index is 11.8. The molecule has 41 heavy (non-hydrogen) atoms. The van der Waals surface area contributed by atoms with Crippen LogP contribution in [-0.4, -0.2) is 79.9 Å². The van der Waals surface area contributed by atoms with Crippen molar-refractivity contribution < 1.29 is 34.0 Å². The SMILES string of the molecule is COCCCN1CCOc2ccc(COC3CN(C(=O)O)CC(O)C3c3ccc(Oc4cccc(Cl)c4)cc3)cc21. The zero-order valence-electron chi connectivity index (χ0n) is 22.9. The molecular weight excluding hydrogens is 548 g/mol. The van der Waals surface area contributed by atoms with Gasteiger partial charge in [0.15, 0.2) is 0 Å². The number of aliphatic hydroxyl groups excluding tert-OH is 1. The molecule has 0 saturated carbocycles. The first-order valence-electron chi connectivity index (χ1n) is 13.7. The number of methoxy groups -OCH3 is 1. The van der Waals surface area contributed by atoms with E-state index in [0.29, 0.717) is 29.7 Å². The van der Waals surface area contributed by atoms with Gasteiger partial charge in [-0.1, -0.05) is 35.9 Å². The summed E-state index contributed by atoms with van der Waals surface area (Å²) < 4.78 is 23.3. The standard InChI is InChI=1S/C31H35ClN2O7/c1-38-14-3-12-33-13-15-39-28-11-6-21(16-26(28)33)20-40-29-19-34(31(36)37)18-27(35)30(29)22-7-9-24(10-8-22)41-25-5-2-4-23(32)17-25/h2,4-11,16-17,27,29-30,35H,3,12-15,18-20H2,1H3,(H,36,37). The number of carbonyl (C=O) groups is 1. The Balaban J connectivity index is 1.31. The van der Waals surface area contributed by atoms with E-state index in [-0.39, 0.29) is 19.7 Å². The van der Waals surface area contributed by atoms with Gasteiger partial charge in [0.1, 0.15) is 23.9 Å². The molecule has 3 aromatic carbocycles. The van der Waals surface area contributed by atoms with E-state index in [1.54, 1.807) is 19.2 Å². The molecule has 2 heterocycles. The second-order valence-corrected chi connectivity index (χ2v) is 10.7. The minimum Gasteiger partial charge on any atom is -0.490 e. The van der Waals surface area contributed by atoms with Gasteiger partial charge in [0, 0.05) is 31.2 Å². The summed E-state index contributed by atoms with van der Waals surface area (Å²) in [5.74, 6) is 1.66. The molecule has 10 heteroatoms. The van der Waals surface area contributed by atoms with Crippen LogP contribution in [-0.2, 0) is 16.1 Å². The molecule has 0 radical (unpaired) electrons. The summed E-state index contributed by atoms with van der Waals surface area (Å²) in [6.45, 7) is 3.39. The van der Waals surface area contributed by atoms with Crippen LogP contribution in [0.4, 0.5) is 10.5 Å². The van der Waals surface area contributed by atoms with Crippen LogP contribution in [0, 0.1) is 0 Å². The predicted octanol–water partition coefficient (Wildman–Crippen LogP) is 5.39. The molecule has 1 fully saturated rings. The van der Waals surface area contributed by atoms with Gasteiger partial charge in [-0.05, 0) is 60.0 Å². The lowest BCUT2D eigenvalue weighted by Gasteiger charge is -2.40. The van der Waals surface area contributed by atoms with Crippen LogP contribution in [0.1, 0.15) is 23.5 Å². The molecular formula is C31H35ClN2O7. The second kappa shape index (κ2) is 13.4. The van der Waals surface area contributed by atoms with Crippen LogP contribution in [0.2, 0.25) is 5.02 Å². The van der Waals surface area contributed by atoms with Crippen LogP contribution in [0.25, 0.3) is 0 Å². The van der Waals surface area contributed by atoms with Gasteiger partial charge in [-0.3, -0.25) is 0 Å². The molecule has 1 amide bonds. The number of hydrogen-bond acceptors (Lipinski definition) is 7. The fourth-order valence-corrected chi connectivity index (χ4v) is 5.59. The molecule has 0 aliphatic carbocycles. The van der Waals surface area contributed by atoms with Crippen LogP contribution < -0.4 is 14.4 Å². The summed E-state index contributed by atoms with van der Waals surface area (Å²) in [6, 6.07) is 20.5. The fourth-order valence-electron chi connectivity index (χ4n) is 5.41. The van der Waals surface area contributed by atoms with Gasteiger partial charge in [0.05, 0.1) is 44.1 Å². The van der Waals surface area contributed by atoms with E-state index in [1.807, 2.05) is 48.5 Å². The quantitative estimate of drug-likeness (QED) is 0.307. The summed E-state index contributed by atoms with van der Waals surface area (Å²) in [6.07, 6.45) is -1.66. The number of likely N-dealkylation sites (tertiary alicyclic amines) is 1. The first-order chi connectivity index (χ1) is 19.9. The summed E-state index contributed by atoms with van der Waals surface area (Å²) in [5.41, 5.74) is 2.79. The first kappa shape index (κ1) is 29.0. The highest BCUT2D eigenvalue weighted by Gasteiger charge is 2.39. The lowest BCUT2D eigenvalue weighted by molar-refractivity contribution is -0.0660. The molecule has 218 valence electrons. The predicted molar refractivity (Wildman–Crippen MR) is 156 cm³/mol. The van der Waals surface area contributed by atoms with Crippen molar-refractivity contribution in [2.24, 2.45) is 0 Å². The summed E-state index contributed by atoms with van der Waals surface area (Å²) >= 11 is 6.06. The van der Waals surface area contributed by atoms with Crippen molar-refractivity contribution in [2.45, 2.75) is 31.2 Å². The fraction of sp³-hybridized carbons (Fsp3) is 0.387. The van der Waals surface area contributed by atoms with Crippen LogP contribution >= 0.6 is 11.6 Å². The van der Waals surface area contributed by atoms with E-state index < -0.39 is 24.2 Å². The largest absolute Gasteiger partial charge is 0.490 e. The Hall–Kier alpha value is -3.50. The van der Waals surface area contributed by atoms with E-state index >= 15 is 0 Å². The van der Waals surface area contributed by atoms with E-state index in [9.17, 15) is 15.0 Å². The lowest BCUT2D eigenvalue weighted by Crippen LogP contribution is -2.53. The Labute approximate surface area is 244 Å². The normalized spacial score (nSPS) is 20.3. The van der Waals surface area contributed by atoms with Crippen LogP contribution in [0.3, 0.4) is 0 Å². The lowest BCUT2D eigenvalue weighted by atomic mass is 9.84. The maximum atomic E-state index is 11.8. The average Bonchev–Trinajstić information content (AvgIpc) is 2.96. The molecule has 2 aliphatic rings. The number of nitrogens with zero attached hydrogens (tertiary/aromatic N) is 2. The number of fused-ring (bicyclic) bond motifs is 1. The highest BCUT2D eigenvalue weighted by Crippen LogP contribution is 2.36. The maximum Gasteiger partial charge on any atom is 0.407 e. The Morgan fingerprint density at radius 2 is 1.90 bits per heavy atom. The molecule has 0 aromatic heterocycles. The monoisotopic (exact) mass is 582 g/mol. The highest BCUT2D eigenvalue weighted by atomic mass is 35.5. The minimum absolute atomic E-state index is 0.00719. The number of amides is 1. The Morgan fingerprint density at radius 1 is 1.07 bits per heavy atom. The van der Waals surface area contributed by atoms with Crippen molar-refractivity contribution in [3.05, 3.63) is 82.9 Å². The Bertz CT molecular complexity index is 1320. The number of anilines is 1. The number of carboxylic acid groups (broad SMARTS) is 1. The molecule has 3 unspecified atom stereocenters. The number of piperidine rings is 1. The van der Waals surface area contributed by atoms with Crippen molar-refractivity contribution in [1.29, 1.82) is 0 Å². The topological polar surface area (TPSA) is 101 Å². The Kier molecular flexibility index (Phi) is 9.51. The third kappa shape index (κ3) is 7.23. The van der Waals surface area contributed by atoms with Gasteiger partial charge in [-0.15, -0.1) is 0 Å². The average molecular weight is 583 g/mol. The van der Waals surface area contributed by atoms with E-state index in [2.05, 4.69) is 11.0 Å². The third-order valence-corrected chi connectivity index (χ3v) is 7.65. The number of rotatable bonds is 10. The van der Waals surface area contributed by atoms with E-state index in [1.165, 1.54) is 4.90 Å². The first-order valence-corrected chi connectivity index (χ1v) is 14.1. The second-order valence-electron chi connectivity index (χ2n) is 10.2. The summed E-state index contributed by atoms with van der Waals surface area (Å²) in [4.78, 5) is 15.3. The zero-order chi connectivity index (χ0) is 28.8. The highest BCUT2D eigenvalue weighted by molar-refractivity contribution is 6.30. The van der Waals surface area contributed by atoms with E-state index in [4.69, 9.17) is 30.5 Å². The molecule has 9 nitrogen and oxygen atoms in total. The van der Waals surface area contributed by atoms with Crippen molar-refractivity contribution >= 4 is 23.4 Å². The van der Waals surface area contributed by atoms with Gasteiger partial charge >= 0.3 is 6.09 Å². The van der Waals surface area contributed by atoms with Crippen molar-refractivity contribution in [3.63, 3.8) is 0 Å². The van der Waals surface area contributed by atoms with Gasteiger partial charge in [-0.25, -0.2) is 4.79 Å². The van der Waals surface area contributed by atoms with Gasteiger partial charge in [0.2, 0.25) is 0 Å². The third-order valence-electron chi connectivity index (χ3n) is 7.41. The number of halogens is 1. The van der Waals surface area contributed by atoms with Crippen LogP contribution in [0.15, 0.2) is 66.7 Å². The van der Waals surface area contributed by atoms with E-state index in [0.717, 1.165) is 42.1 Å². The molecule has 2 aliphatic heterocycles. The molecule has 3 aromatic rings. The van der Waals surface area contributed by atoms with Gasteiger partial charge < -0.3 is 39.0 Å². The number of aliphatic hydroxyl groups is 1. The van der Waals surface area contributed by atoms with Crippen molar-refractivity contribution in [3.8, 4) is 17.2 Å². The molecule has 3 atom stereocenters. The number of β-amino-alcohol motifs (C(OH)–C–C–N with tert-alkyl or cyclic N) is 1. The smallest absolute Gasteiger partial charge is 0.407 e. The Morgan fingerprint density at radius 3 is 2.66 bits per heavy atom. The zero-order valence-corrected chi connectivity index (χ0v) is 23.7. The van der Waals surface area contributed by atoms with Gasteiger partial charge in [-0.2, -0.15) is 0 Å². The number of hydrogen-bond donors (Lipinski definition) is 2. The van der Waals surface area contributed by atoms with Crippen LogP contribution in [0.5, 0.6) is 17.2 Å².